The summed E-state index contributed by atoms with van der Waals surface area (Å²) in [6.07, 6.45) is 1.65. The van der Waals surface area contributed by atoms with E-state index < -0.39 is 6.04 Å². The van der Waals surface area contributed by atoms with Crippen LogP contribution in [0, 0.1) is 0 Å². The molecule has 1 spiro atoms. The zero-order chi connectivity index (χ0) is 20.0. The van der Waals surface area contributed by atoms with Gasteiger partial charge in [-0.1, -0.05) is 18.2 Å². The normalized spacial score (nSPS) is 26.8. The Labute approximate surface area is 169 Å². The van der Waals surface area contributed by atoms with Gasteiger partial charge in [-0.15, -0.1) is 0 Å². The van der Waals surface area contributed by atoms with E-state index in [1.54, 1.807) is 4.90 Å². The number of hydrogen-bond donors (Lipinski definition) is 2. The third kappa shape index (κ3) is 3.15. The van der Waals surface area contributed by atoms with Gasteiger partial charge in [0, 0.05) is 56.9 Å². The Hall–Kier alpha value is -2.29. The van der Waals surface area contributed by atoms with Crippen LogP contribution >= 0.6 is 0 Å². The molecule has 0 radical (unpaired) electrons. The molecule has 1 aromatic carbocycles. The maximum absolute atomic E-state index is 13.3. The zero-order valence-corrected chi connectivity index (χ0v) is 16.4. The van der Waals surface area contributed by atoms with Gasteiger partial charge in [0.1, 0.15) is 6.04 Å². The molecule has 4 aliphatic heterocycles. The number of imide groups is 1. The van der Waals surface area contributed by atoms with Crippen molar-refractivity contribution in [2.75, 3.05) is 32.8 Å². The predicted octanol–water partition coefficient (Wildman–Crippen LogP) is 0.0119. The first-order chi connectivity index (χ1) is 14.1. The van der Waals surface area contributed by atoms with Gasteiger partial charge >= 0.3 is 0 Å². The van der Waals surface area contributed by atoms with Crippen LogP contribution in [0.4, 0.5) is 0 Å². The van der Waals surface area contributed by atoms with E-state index in [0.29, 0.717) is 26.1 Å². The summed E-state index contributed by atoms with van der Waals surface area (Å²) in [5.74, 6) is -0.732. The number of fused-ring (bicyclic) bond motifs is 1. The Balaban J connectivity index is 1.40. The second-order valence-electron chi connectivity index (χ2n) is 8.46. The molecule has 0 aliphatic carbocycles. The number of ether oxygens (including phenoxy) is 1. The third-order valence-electron chi connectivity index (χ3n) is 6.80. The number of benzene rings is 1. The molecule has 1 atom stereocenters. The van der Waals surface area contributed by atoms with Crippen molar-refractivity contribution in [1.82, 2.24) is 20.4 Å². The number of nitrogens with one attached hydrogen (secondary N) is 2. The summed E-state index contributed by atoms with van der Waals surface area (Å²) in [6.45, 7) is 5.33. The van der Waals surface area contributed by atoms with Crippen LogP contribution in [0.3, 0.4) is 0 Å². The van der Waals surface area contributed by atoms with E-state index in [0.717, 1.165) is 49.4 Å². The fourth-order valence-electron chi connectivity index (χ4n) is 5.02. The Morgan fingerprint density at radius 2 is 2.03 bits per heavy atom. The van der Waals surface area contributed by atoms with Crippen molar-refractivity contribution in [2.45, 2.75) is 43.9 Å². The van der Waals surface area contributed by atoms with E-state index in [-0.39, 0.29) is 29.7 Å². The molecule has 2 N–H and O–H groups in total. The molecular weight excluding hydrogens is 372 g/mol. The van der Waals surface area contributed by atoms with E-state index in [9.17, 15) is 14.4 Å². The van der Waals surface area contributed by atoms with Crippen LogP contribution < -0.4 is 10.6 Å². The molecule has 5 rings (SSSR count). The smallest absolute Gasteiger partial charge is 0.255 e. The second kappa shape index (κ2) is 7.19. The summed E-state index contributed by atoms with van der Waals surface area (Å²) >= 11 is 0. The highest BCUT2D eigenvalue weighted by atomic mass is 16.5. The molecule has 0 bridgehead atoms. The standard InChI is InChI=1S/C21H26N4O4/c26-17-5-4-16(19(27)23-17)25-11-15-3-1-2-14(18(15)20(25)28)10-24-7-9-29-8-6-21(24)12-22-13-21/h1-3,16,22H,4-13H2,(H,23,26,27). The van der Waals surface area contributed by atoms with E-state index in [2.05, 4.69) is 15.5 Å². The fraction of sp³-hybridized carbons (Fsp3) is 0.571. The zero-order valence-electron chi connectivity index (χ0n) is 16.4. The number of amides is 3. The lowest BCUT2D eigenvalue weighted by atomic mass is 9.86. The molecule has 8 nitrogen and oxygen atoms in total. The molecular formula is C21H26N4O4. The van der Waals surface area contributed by atoms with Crippen molar-refractivity contribution in [3.05, 3.63) is 34.9 Å². The van der Waals surface area contributed by atoms with Gasteiger partial charge in [-0.05, 0) is 24.0 Å². The highest BCUT2D eigenvalue weighted by Crippen LogP contribution is 2.33. The Morgan fingerprint density at radius 1 is 1.17 bits per heavy atom. The van der Waals surface area contributed by atoms with E-state index >= 15 is 0 Å². The summed E-state index contributed by atoms with van der Waals surface area (Å²) in [6, 6.07) is 5.41. The number of rotatable bonds is 3. The van der Waals surface area contributed by atoms with Crippen molar-refractivity contribution in [3.63, 3.8) is 0 Å². The summed E-state index contributed by atoms with van der Waals surface area (Å²) < 4.78 is 5.71. The van der Waals surface area contributed by atoms with Crippen LogP contribution in [0.15, 0.2) is 18.2 Å². The van der Waals surface area contributed by atoms with E-state index in [1.165, 1.54) is 0 Å². The van der Waals surface area contributed by atoms with Gasteiger partial charge in [0.2, 0.25) is 11.8 Å². The average Bonchev–Trinajstić information content (AvgIpc) is 2.85. The van der Waals surface area contributed by atoms with Gasteiger partial charge < -0.3 is 15.0 Å². The summed E-state index contributed by atoms with van der Waals surface area (Å²) in [4.78, 5) is 41.2. The molecule has 154 valence electrons. The predicted molar refractivity (Wildman–Crippen MR) is 104 cm³/mol. The van der Waals surface area contributed by atoms with Crippen molar-refractivity contribution in [1.29, 1.82) is 0 Å². The highest BCUT2D eigenvalue weighted by Gasteiger charge is 2.44. The van der Waals surface area contributed by atoms with Crippen LogP contribution in [0.2, 0.25) is 0 Å². The molecule has 29 heavy (non-hydrogen) atoms. The Kier molecular flexibility index (Phi) is 4.64. The number of carbonyl (C=O) groups is 3. The molecule has 1 aromatic rings. The van der Waals surface area contributed by atoms with Crippen molar-refractivity contribution in [2.24, 2.45) is 0 Å². The van der Waals surface area contributed by atoms with E-state index in [4.69, 9.17) is 4.74 Å². The summed E-state index contributed by atoms with van der Waals surface area (Å²) in [7, 11) is 0. The molecule has 4 heterocycles. The van der Waals surface area contributed by atoms with Gasteiger partial charge in [-0.25, -0.2) is 0 Å². The maximum Gasteiger partial charge on any atom is 0.255 e. The van der Waals surface area contributed by atoms with Crippen LogP contribution in [0.1, 0.15) is 40.7 Å². The maximum atomic E-state index is 13.3. The molecule has 4 aliphatic rings. The molecule has 0 aromatic heterocycles. The van der Waals surface area contributed by atoms with Gasteiger partial charge in [0.05, 0.1) is 6.61 Å². The number of hydrogen-bond acceptors (Lipinski definition) is 6. The lowest BCUT2D eigenvalue weighted by molar-refractivity contribution is -0.136. The average molecular weight is 398 g/mol. The lowest BCUT2D eigenvalue weighted by Gasteiger charge is -2.50. The van der Waals surface area contributed by atoms with Crippen LogP contribution in [0.25, 0.3) is 0 Å². The second-order valence-corrected chi connectivity index (χ2v) is 8.46. The first-order valence-electron chi connectivity index (χ1n) is 10.4. The molecule has 3 amide bonds. The minimum absolute atomic E-state index is 0.100. The molecule has 3 saturated heterocycles. The highest BCUT2D eigenvalue weighted by molar-refractivity contribution is 6.06. The van der Waals surface area contributed by atoms with Crippen molar-refractivity contribution < 1.29 is 19.1 Å². The van der Waals surface area contributed by atoms with Gasteiger partial charge in [-0.2, -0.15) is 0 Å². The largest absolute Gasteiger partial charge is 0.380 e. The first-order valence-corrected chi connectivity index (χ1v) is 10.4. The molecule has 3 fully saturated rings. The molecule has 0 saturated carbocycles. The number of nitrogens with zero attached hydrogens (tertiary/aromatic N) is 2. The molecule has 1 unspecified atom stereocenters. The quantitative estimate of drug-likeness (QED) is 0.698. The van der Waals surface area contributed by atoms with Crippen molar-refractivity contribution >= 4 is 17.7 Å². The van der Waals surface area contributed by atoms with Crippen LogP contribution in [0.5, 0.6) is 0 Å². The lowest BCUT2D eigenvalue weighted by Crippen LogP contribution is -2.68. The van der Waals surface area contributed by atoms with E-state index in [1.807, 2.05) is 18.2 Å². The van der Waals surface area contributed by atoms with Gasteiger partial charge in [0.25, 0.3) is 5.91 Å². The summed E-state index contributed by atoms with van der Waals surface area (Å²) in [5.41, 5.74) is 2.80. The minimum Gasteiger partial charge on any atom is -0.380 e. The third-order valence-corrected chi connectivity index (χ3v) is 6.80. The van der Waals surface area contributed by atoms with Crippen LogP contribution in [-0.2, 0) is 27.4 Å². The summed E-state index contributed by atoms with van der Waals surface area (Å²) in [5, 5.41) is 5.76. The fourth-order valence-corrected chi connectivity index (χ4v) is 5.02. The number of piperidine rings is 1. The van der Waals surface area contributed by atoms with Gasteiger partial charge in [0.15, 0.2) is 0 Å². The first kappa shape index (κ1) is 18.7. The number of carbonyl (C=O) groups excluding carboxylic acids is 3. The van der Waals surface area contributed by atoms with Crippen LogP contribution in [-0.4, -0.2) is 72.0 Å². The molecule has 8 heteroatoms. The topological polar surface area (TPSA) is 91.0 Å². The Bertz CT molecular complexity index is 866. The SMILES string of the molecule is O=C1CCC(N2Cc3cccc(CN4CCOCCC45CNC5)c3C2=O)C(=O)N1. The van der Waals surface area contributed by atoms with Gasteiger partial charge in [-0.3, -0.25) is 24.6 Å². The van der Waals surface area contributed by atoms with Crippen molar-refractivity contribution in [3.8, 4) is 0 Å². The minimum atomic E-state index is -0.575. The monoisotopic (exact) mass is 398 g/mol. The Morgan fingerprint density at radius 3 is 2.79 bits per heavy atom.